The third kappa shape index (κ3) is 4.42. The molecule has 1 aromatic heterocycles. The van der Waals surface area contributed by atoms with Crippen LogP contribution in [-0.4, -0.2) is 34.7 Å². The van der Waals surface area contributed by atoms with Crippen molar-refractivity contribution >= 4 is 23.2 Å². The van der Waals surface area contributed by atoms with Crippen LogP contribution in [0.25, 0.3) is 5.69 Å². The maximum absolute atomic E-state index is 14.6. The second-order valence-corrected chi connectivity index (χ2v) is 7.41. The zero-order chi connectivity index (χ0) is 22.0. The fourth-order valence-electron chi connectivity index (χ4n) is 3.64. The number of aryl methyl sites for hydroxylation is 2. The van der Waals surface area contributed by atoms with E-state index in [0.29, 0.717) is 36.0 Å². The monoisotopic (exact) mass is 422 g/mol. The van der Waals surface area contributed by atoms with E-state index in [1.807, 2.05) is 44.2 Å². The minimum Gasteiger partial charge on any atom is -0.490 e. The molecule has 7 nitrogen and oxygen atoms in total. The van der Waals surface area contributed by atoms with E-state index in [-0.39, 0.29) is 24.7 Å². The summed E-state index contributed by atoms with van der Waals surface area (Å²) in [6, 6.07) is 13.6. The molecule has 0 aliphatic carbocycles. The molecule has 0 spiro atoms. The van der Waals surface area contributed by atoms with Gasteiger partial charge in [0, 0.05) is 24.2 Å². The number of carbonyl (C=O) groups excluding carboxylic acids is 2. The Morgan fingerprint density at radius 3 is 2.65 bits per heavy atom. The molecular formula is C23H23FN4O3. The molecule has 0 unspecified atom stereocenters. The van der Waals surface area contributed by atoms with Gasteiger partial charge in [0.2, 0.25) is 11.8 Å². The molecule has 1 aliphatic heterocycles. The fraction of sp³-hybridized carbons (Fsp3) is 0.261. The molecule has 4 rings (SSSR count). The summed E-state index contributed by atoms with van der Waals surface area (Å²) >= 11 is 0. The van der Waals surface area contributed by atoms with E-state index in [1.54, 1.807) is 17.0 Å². The van der Waals surface area contributed by atoms with Crippen LogP contribution in [0.1, 0.15) is 24.2 Å². The second kappa shape index (κ2) is 8.59. The van der Waals surface area contributed by atoms with Gasteiger partial charge in [-0.25, -0.2) is 9.07 Å². The van der Waals surface area contributed by atoms with E-state index in [1.165, 1.54) is 10.7 Å². The number of nitrogens with zero attached hydrogens (tertiary/aromatic N) is 3. The number of nitrogens with one attached hydrogen (secondary N) is 1. The van der Waals surface area contributed by atoms with E-state index in [9.17, 15) is 14.0 Å². The predicted octanol–water partition coefficient (Wildman–Crippen LogP) is 3.77. The van der Waals surface area contributed by atoms with Gasteiger partial charge < -0.3 is 15.0 Å². The Labute approximate surface area is 179 Å². The molecule has 1 N–H and O–H groups in total. The van der Waals surface area contributed by atoms with Crippen LogP contribution in [-0.2, 0) is 9.59 Å². The molecule has 0 atom stereocenters. The van der Waals surface area contributed by atoms with Crippen LogP contribution in [0.4, 0.5) is 15.8 Å². The topological polar surface area (TPSA) is 76.5 Å². The Kier molecular flexibility index (Phi) is 5.70. The van der Waals surface area contributed by atoms with E-state index < -0.39 is 5.82 Å². The van der Waals surface area contributed by atoms with Crippen molar-refractivity contribution in [1.82, 2.24) is 9.78 Å². The van der Waals surface area contributed by atoms with Gasteiger partial charge in [-0.1, -0.05) is 12.1 Å². The van der Waals surface area contributed by atoms with Crippen LogP contribution < -0.4 is 15.0 Å². The number of anilines is 2. The Balaban J connectivity index is 1.37. The molecule has 2 heterocycles. The Hall–Kier alpha value is -3.68. The highest BCUT2D eigenvalue weighted by Crippen LogP contribution is 2.31. The van der Waals surface area contributed by atoms with E-state index in [0.717, 1.165) is 11.4 Å². The van der Waals surface area contributed by atoms with E-state index >= 15 is 0 Å². The summed E-state index contributed by atoms with van der Waals surface area (Å²) in [4.78, 5) is 26.6. The molecule has 2 amide bonds. The lowest BCUT2D eigenvalue weighted by Gasteiger charge is -2.29. The molecule has 0 saturated heterocycles. The number of para-hydroxylation sites is 2. The Morgan fingerprint density at radius 2 is 1.90 bits per heavy atom. The number of benzene rings is 2. The van der Waals surface area contributed by atoms with Crippen molar-refractivity contribution in [3.8, 4) is 11.4 Å². The van der Waals surface area contributed by atoms with Crippen LogP contribution in [0.2, 0.25) is 0 Å². The molecule has 160 valence electrons. The molecule has 2 aromatic carbocycles. The average Bonchev–Trinajstić information content (AvgIpc) is 3.09. The van der Waals surface area contributed by atoms with Gasteiger partial charge in [-0.3, -0.25) is 9.59 Å². The smallest absolute Gasteiger partial charge is 0.227 e. The summed E-state index contributed by atoms with van der Waals surface area (Å²) in [6.07, 6.45) is 0.0473. The van der Waals surface area contributed by atoms with Crippen molar-refractivity contribution in [1.29, 1.82) is 0 Å². The van der Waals surface area contributed by atoms with Crippen molar-refractivity contribution in [2.45, 2.75) is 26.7 Å². The maximum Gasteiger partial charge on any atom is 0.227 e. The van der Waals surface area contributed by atoms with E-state index in [4.69, 9.17) is 4.74 Å². The lowest BCUT2D eigenvalue weighted by molar-refractivity contribution is -0.122. The average molecular weight is 422 g/mol. The highest BCUT2D eigenvalue weighted by Gasteiger charge is 2.23. The molecule has 8 heteroatoms. The van der Waals surface area contributed by atoms with Crippen molar-refractivity contribution in [3.63, 3.8) is 0 Å². The number of hydrogen-bond acceptors (Lipinski definition) is 4. The summed E-state index contributed by atoms with van der Waals surface area (Å²) in [5.74, 6) is -0.347. The summed E-state index contributed by atoms with van der Waals surface area (Å²) in [5.41, 5.74) is 2.96. The molecule has 0 saturated carbocycles. The highest BCUT2D eigenvalue weighted by atomic mass is 19.1. The lowest BCUT2D eigenvalue weighted by Crippen LogP contribution is -2.38. The van der Waals surface area contributed by atoms with Crippen molar-refractivity contribution in [3.05, 3.63) is 65.7 Å². The number of rotatable bonds is 5. The number of fused-ring (bicyclic) bond motifs is 1. The maximum atomic E-state index is 14.6. The molecule has 0 radical (unpaired) electrons. The van der Waals surface area contributed by atoms with Gasteiger partial charge in [-0.05, 0) is 50.2 Å². The van der Waals surface area contributed by atoms with Gasteiger partial charge in [0.05, 0.1) is 17.9 Å². The minimum absolute atomic E-state index is 0.000807. The fourth-order valence-corrected chi connectivity index (χ4v) is 3.64. The Bertz CT molecular complexity index is 1140. The largest absolute Gasteiger partial charge is 0.490 e. The normalized spacial score (nSPS) is 12.8. The minimum atomic E-state index is -0.495. The van der Waals surface area contributed by atoms with Crippen molar-refractivity contribution in [2.75, 3.05) is 23.4 Å². The Morgan fingerprint density at radius 1 is 1.10 bits per heavy atom. The van der Waals surface area contributed by atoms with Crippen LogP contribution >= 0.6 is 0 Å². The summed E-state index contributed by atoms with van der Waals surface area (Å²) in [6.45, 7) is 4.54. The van der Waals surface area contributed by atoms with Gasteiger partial charge in [-0.2, -0.15) is 5.10 Å². The SMILES string of the molecule is Cc1cc(C)n(-c2ccc(NC(=O)CCC(=O)N3CCOc4ccccc43)cc2F)n1. The number of amides is 2. The highest BCUT2D eigenvalue weighted by molar-refractivity contribution is 5.99. The predicted molar refractivity (Wildman–Crippen MR) is 115 cm³/mol. The molecule has 3 aromatic rings. The van der Waals surface area contributed by atoms with E-state index in [2.05, 4.69) is 10.4 Å². The molecule has 0 fully saturated rings. The van der Waals surface area contributed by atoms with Crippen LogP contribution in [0.3, 0.4) is 0 Å². The van der Waals surface area contributed by atoms with Crippen LogP contribution in [0, 0.1) is 19.7 Å². The lowest BCUT2D eigenvalue weighted by atomic mass is 10.2. The van der Waals surface area contributed by atoms with Gasteiger partial charge in [-0.15, -0.1) is 0 Å². The van der Waals surface area contributed by atoms with Crippen LogP contribution in [0.15, 0.2) is 48.5 Å². The first kappa shape index (κ1) is 20.6. The molecule has 31 heavy (non-hydrogen) atoms. The standard InChI is InChI=1S/C23H23FN4O3/c1-15-13-16(2)28(26-15)19-8-7-17(14-18(19)24)25-22(29)9-10-23(30)27-11-12-31-21-6-4-3-5-20(21)27/h3-8,13-14H,9-12H2,1-2H3,(H,25,29). The summed E-state index contributed by atoms with van der Waals surface area (Å²) in [5, 5.41) is 6.93. The first-order chi connectivity index (χ1) is 14.9. The first-order valence-electron chi connectivity index (χ1n) is 10.1. The van der Waals surface area contributed by atoms with Gasteiger partial charge >= 0.3 is 0 Å². The third-order valence-corrected chi connectivity index (χ3v) is 5.06. The number of aromatic nitrogens is 2. The second-order valence-electron chi connectivity index (χ2n) is 7.41. The zero-order valence-electron chi connectivity index (χ0n) is 17.4. The number of carbonyl (C=O) groups is 2. The third-order valence-electron chi connectivity index (χ3n) is 5.06. The zero-order valence-corrected chi connectivity index (χ0v) is 17.4. The van der Waals surface area contributed by atoms with Gasteiger partial charge in [0.25, 0.3) is 0 Å². The number of halogens is 1. The first-order valence-corrected chi connectivity index (χ1v) is 10.1. The summed E-state index contributed by atoms with van der Waals surface area (Å²) < 4.78 is 21.7. The molecular weight excluding hydrogens is 399 g/mol. The van der Waals surface area contributed by atoms with Crippen LogP contribution in [0.5, 0.6) is 5.75 Å². The molecule has 0 bridgehead atoms. The van der Waals surface area contributed by atoms with Crippen molar-refractivity contribution in [2.24, 2.45) is 0 Å². The molecule has 1 aliphatic rings. The number of hydrogen-bond donors (Lipinski definition) is 1. The van der Waals surface area contributed by atoms with Gasteiger partial charge in [0.1, 0.15) is 18.0 Å². The number of ether oxygens (including phenoxy) is 1. The van der Waals surface area contributed by atoms with Gasteiger partial charge in [0.15, 0.2) is 5.82 Å². The van der Waals surface area contributed by atoms with Crippen molar-refractivity contribution < 1.29 is 18.7 Å². The quantitative estimate of drug-likeness (QED) is 0.679. The summed E-state index contributed by atoms with van der Waals surface area (Å²) in [7, 11) is 0.